The summed E-state index contributed by atoms with van der Waals surface area (Å²) in [4.78, 5) is 4.28. The Morgan fingerprint density at radius 3 is 2.80 bits per heavy atom. The highest BCUT2D eigenvalue weighted by molar-refractivity contribution is 6.14. The second-order valence-corrected chi connectivity index (χ2v) is 6.85. The van der Waals surface area contributed by atoms with Crippen LogP contribution < -0.4 is 10.5 Å². The number of rotatable bonds is 4. The quantitative estimate of drug-likeness (QED) is 0.605. The van der Waals surface area contributed by atoms with Gasteiger partial charge in [0.2, 0.25) is 0 Å². The van der Waals surface area contributed by atoms with Crippen LogP contribution in [0.2, 0.25) is 0 Å². The average molecular weight is 333 g/mol. The molecule has 4 heteroatoms. The van der Waals surface area contributed by atoms with Crippen molar-refractivity contribution in [3.05, 3.63) is 48.3 Å². The van der Waals surface area contributed by atoms with Crippen LogP contribution in [0.15, 0.2) is 42.7 Å². The number of hydrogen-bond acceptors (Lipinski definition) is 3. The van der Waals surface area contributed by atoms with E-state index >= 15 is 0 Å². The number of aromatic nitrogens is 2. The molecule has 4 nitrogen and oxygen atoms in total. The summed E-state index contributed by atoms with van der Waals surface area (Å²) in [6.45, 7) is 4.82. The monoisotopic (exact) mass is 333 g/mol. The zero-order valence-corrected chi connectivity index (χ0v) is 14.9. The van der Waals surface area contributed by atoms with Gasteiger partial charge in [0, 0.05) is 47.2 Å². The first-order chi connectivity index (χ1) is 12.1. The van der Waals surface area contributed by atoms with Crippen molar-refractivity contribution in [1.82, 2.24) is 9.55 Å². The summed E-state index contributed by atoms with van der Waals surface area (Å²) < 4.78 is 8.17. The highest BCUT2D eigenvalue weighted by Gasteiger charge is 2.14. The summed E-state index contributed by atoms with van der Waals surface area (Å²) in [6.07, 6.45) is 4.64. The van der Waals surface area contributed by atoms with Crippen molar-refractivity contribution in [3.63, 3.8) is 0 Å². The molecule has 0 saturated heterocycles. The third-order valence-electron chi connectivity index (χ3n) is 4.96. The van der Waals surface area contributed by atoms with Crippen LogP contribution in [0.25, 0.3) is 32.6 Å². The maximum absolute atomic E-state index is 5.90. The lowest BCUT2D eigenvalue weighted by atomic mass is 10.0. The van der Waals surface area contributed by atoms with Crippen molar-refractivity contribution in [2.45, 2.75) is 26.3 Å². The van der Waals surface area contributed by atoms with E-state index in [9.17, 15) is 0 Å². The number of nitrogens with zero attached hydrogens (tertiary/aromatic N) is 2. The Kier molecular flexibility index (Phi) is 3.85. The van der Waals surface area contributed by atoms with E-state index in [1.165, 1.54) is 38.1 Å². The number of benzene rings is 2. The zero-order valence-electron chi connectivity index (χ0n) is 14.9. The number of ether oxygens (including phenoxy) is 1. The maximum atomic E-state index is 5.90. The molecule has 4 rings (SSSR count). The van der Waals surface area contributed by atoms with Gasteiger partial charge >= 0.3 is 0 Å². The van der Waals surface area contributed by atoms with Gasteiger partial charge in [-0.15, -0.1) is 0 Å². The largest absolute Gasteiger partial charge is 0.494 e. The predicted molar refractivity (Wildman–Crippen MR) is 104 cm³/mol. The number of hydrogen-bond donors (Lipinski definition) is 1. The van der Waals surface area contributed by atoms with Crippen LogP contribution in [0.3, 0.4) is 0 Å². The molecule has 0 radical (unpaired) electrons. The molecule has 0 fully saturated rings. The third kappa shape index (κ3) is 2.63. The molecule has 0 bridgehead atoms. The molecule has 2 aromatic heterocycles. The van der Waals surface area contributed by atoms with Gasteiger partial charge < -0.3 is 15.0 Å². The van der Waals surface area contributed by atoms with E-state index in [0.29, 0.717) is 6.61 Å². The minimum absolute atomic E-state index is 0.155. The van der Waals surface area contributed by atoms with Crippen LogP contribution in [0.5, 0.6) is 5.75 Å². The van der Waals surface area contributed by atoms with Gasteiger partial charge in [0.05, 0.1) is 12.1 Å². The van der Waals surface area contributed by atoms with E-state index in [1.807, 2.05) is 25.4 Å². The van der Waals surface area contributed by atoms with E-state index in [0.717, 1.165) is 12.2 Å². The predicted octanol–water partition coefficient (Wildman–Crippen LogP) is 4.30. The molecule has 4 aromatic rings. The molecule has 2 heterocycles. The molecule has 1 atom stereocenters. The normalized spacial score (nSPS) is 13.0. The molecule has 0 spiro atoms. The van der Waals surface area contributed by atoms with Crippen LogP contribution in [-0.4, -0.2) is 22.2 Å². The molecule has 0 saturated carbocycles. The molecule has 0 aliphatic heterocycles. The Morgan fingerprint density at radius 2 is 2.00 bits per heavy atom. The van der Waals surface area contributed by atoms with Crippen LogP contribution in [0.1, 0.15) is 18.9 Å². The van der Waals surface area contributed by atoms with Crippen LogP contribution >= 0.6 is 0 Å². The van der Waals surface area contributed by atoms with E-state index < -0.39 is 0 Å². The molecule has 0 aliphatic carbocycles. The van der Waals surface area contributed by atoms with Gasteiger partial charge in [-0.05, 0) is 61.5 Å². The maximum Gasteiger partial charge on any atom is 0.120 e. The minimum atomic E-state index is 0.155. The number of pyridine rings is 1. The van der Waals surface area contributed by atoms with Crippen LogP contribution in [0.4, 0.5) is 0 Å². The minimum Gasteiger partial charge on any atom is -0.494 e. The van der Waals surface area contributed by atoms with E-state index in [2.05, 4.69) is 47.8 Å². The molecular weight excluding hydrogens is 310 g/mol. The smallest absolute Gasteiger partial charge is 0.120 e. The Balaban J connectivity index is 1.91. The second kappa shape index (κ2) is 6.05. The number of aryl methyl sites for hydroxylation is 2. The summed E-state index contributed by atoms with van der Waals surface area (Å²) in [7, 11) is 2.13. The third-order valence-corrected chi connectivity index (χ3v) is 4.96. The zero-order chi connectivity index (χ0) is 17.6. The lowest BCUT2D eigenvalue weighted by Gasteiger charge is -2.08. The summed E-state index contributed by atoms with van der Waals surface area (Å²) in [6, 6.07) is 10.8. The SMILES string of the molecule is Cc1c2ccncc2cc2c3cc(OCC[C@H](C)N)ccc3n(C)c12. The van der Waals surface area contributed by atoms with Crippen molar-refractivity contribution in [2.75, 3.05) is 6.61 Å². The van der Waals surface area contributed by atoms with Crippen molar-refractivity contribution >= 4 is 32.6 Å². The van der Waals surface area contributed by atoms with E-state index in [1.54, 1.807) is 0 Å². The Morgan fingerprint density at radius 1 is 1.16 bits per heavy atom. The van der Waals surface area contributed by atoms with Crippen molar-refractivity contribution in [1.29, 1.82) is 0 Å². The fourth-order valence-electron chi connectivity index (χ4n) is 3.65. The molecule has 0 unspecified atom stereocenters. The molecule has 128 valence electrons. The van der Waals surface area contributed by atoms with Crippen molar-refractivity contribution in [3.8, 4) is 5.75 Å². The second-order valence-electron chi connectivity index (χ2n) is 6.85. The molecular formula is C21H23N3O. The average Bonchev–Trinajstić information content (AvgIpc) is 2.87. The summed E-state index contributed by atoms with van der Waals surface area (Å²) in [5.41, 5.74) is 9.56. The Hall–Kier alpha value is -2.59. The Bertz CT molecular complexity index is 1080. The number of fused-ring (bicyclic) bond motifs is 4. The first-order valence-electron chi connectivity index (χ1n) is 8.70. The molecule has 0 amide bonds. The van der Waals surface area contributed by atoms with Gasteiger partial charge in [-0.1, -0.05) is 0 Å². The highest BCUT2D eigenvalue weighted by atomic mass is 16.5. The fraction of sp³-hybridized carbons (Fsp3) is 0.286. The first-order valence-corrected chi connectivity index (χ1v) is 8.70. The highest BCUT2D eigenvalue weighted by Crippen LogP contribution is 2.36. The summed E-state index contributed by atoms with van der Waals surface area (Å²) in [5, 5.41) is 4.88. The van der Waals surface area contributed by atoms with Gasteiger partial charge in [-0.2, -0.15) is 0 Å². The molecule has 2 N–H and O–H groups in total. The van der Waals surface area contributed by atoms with Crippen molar-refractivity contribution in [2.24, 2.45) is 12.8 Å². The summed E-state index contributed by atoms with van der Waals surface area (Å²) >= 11 is 0. The van der Waals surface area contributed by atoms with Crippen LogP contribution in [-0.2, 0) is 7.05 Å². The van der Waals surface area contributed by atoms with Crippen LogP contribution in [0, 0.1) is 6.92 Å². The van der Waals surface area contributed by atoms with Gasteiger partial charge in [-0.25, -0.2) is 0 Å². The molecule has 2 aromatic carbocycles. The summed E-state index contributed by atoms with van der Waals surface area (Å²) in [5.74, 6) is 0.893. The van der Waals surface area contributed by atoms with E-state index in [-0.39, 0.29) is 6.04 Å². The van der Waals surface area contributed by atoms with E-state index in [4.69, 9.17) is 10.5 Å². The standard InChI is InChI=1S/C21H23N3O/c1-13(22)7-9-25-16-4-5-20-18(11-16)19-10-15-12-23-8-6-17(15)14(2)21(19)24(20)3/h4-6,8,10-13H,7,9,22H2,1-3H3/t13-/m0/s1. The fourth-order valence-corrected chi connectivity index (χ4v) is 3.65. The molecule has 25 heavy (non-hydrogen) atoms. The topological polar surface area (TPSA) is 53.1 Å². The van der Waals surface area contributed by atoms with Gasteiger partial charge in [0.1, 0.15) is 5.75 Å². The first kappa shape index (κ1) is 15.9. The lowest BCUT2D eigenvalue weighted by molar-refractivity contribution is 0.301. The number of nitrogens with two attached hydrogens (primary N) is 1. The lowest BCUT2D eigenvalue weighted by Crippen LogP contribution is -2.18. The van der Waals surface area contributed by atoms with Crippen molar-refractivity contribution < 1.29 is 4.74 Å². The van der Waals surface area contributed by atoms with Gasteiger partial charge in [0.25, 0.3) is 0 Å². The van der Waals surface area contributed by atoms with Gasteiger partial charge in [-0.3, -0.25) is 4.98 Å². The molecule has 0 aliphatic rings. The van der Waals surface area contributed by atoms with Gasteiger partial charge in [0.15, 0.2) is 0 Å². The Labute approximate surface area is 147 Å².